The first-order valence-corrected chi connectivity index (χ1v) is 7.37. The van der Waals surface area contributed by atoms with E-state index in [-0.39, 0.29) is 0 Å². The summed E-state index contributed by atoms with van der Waals surface area (Å²) in [7, 11) is 1.71. The van der Waals surface area contributed by atoms with Crippen LogP contribution in [0.3, 0.4) is 0 Å². The van der Waals surface area contributed by atoms with E-state index in [1.807, 2.05) is 0 Å². The first-order valence-electron chi connectivity index (χ1n) is 7.37. The van der Waals surface area contributed by atoms with E-state index in [1.165, 1.54) is 12.8 Å². The van der Waals surface area contributed by atoms with Gasteiger partial charge in [-0.3, -0.25) is 0 Å². The van der Waals surface area contributed by atoms with E-state index >= 15 is 0 Å². The summed E-state index contributed by atoms with van der Waals surface area (Å²) in [5.41, 5.74) is 0. The Kier molecular flexibility index (Phi) is 5.79. The molecule has 5 nitrogen and oxygen atoms in total. The highest BCUT2D eigenvalue weighted by atomic mass is 16.5. The van der Waals surface area contributed by atoms with Crippen LogP contribution in [0.1, 0.15) is 44.3 Å². The van der Waals surface area contributed by atoms with Crippen molar-refractivity contribution in [3.8, 4) is 0 Å². The van der Waals surface area contributed by atoms with Crippen molar-refractivity contribution in [1.82, 2.24) is 15.5 Å². The van der Waals surface area contributed by atoms with Gasteiger partial charge in [0.05, 0.1) is 0 Å². The average molecular weight is 267 g/mol. The number of methoxy groups -OCH3 is 1. The van der Waals surface area contributed by atoms with Crippen LogP contribution >= 0.6 is 0 Å². The Labute approximate surface area is 115 Å². The highest BCUT2D eigenvalue weighted by Gasteiger charge is 2.32. The molecule has 1 heterocycles. The molecule has 1 aliphatic carbocycles. The highest BCUT2D eigenvalue weighted by molar-refractivity contribution is 4.95. The van der Waals surface area contributed by atoms with Crippen molar-refractivity contribution in [2.45, 2.75) is 51.5 Å². The molecule has 1 aromatic rings. The molecule has 1 unspecified atom stereocenters. The monoisotopic (exact) mass is 267 g/mol. The SMILES string of the molecule is CCCNC(Cc1nc(CCCOC)no1)C1CC1. The van der Waals surface area contributed by atoms with Crippen LogP contribution < -0.4 is 5.32 Å². The van der Waals surface area contributed by atoms with Gasteiger partial charge in [-0.05, 0) is 38.1 Å². The topological polar surface area (TPSA) is 60.2 Å². The van der Waals surface area contributed by atoms with E-state index in [2.05, 4.69) is 22.4 Å². The van der Waals surface area contributed by atoms with Crippen LogP contribution in [0.4, 0.5) is 0 Å². The molecule has 1 N–H and O–H groups in total. The van der Waals surface area contributed by atoms with Crippen molar-refractivity contribution >= 4 is 0 Å². The zero-order valence-electron chi connectivity index (χ0n) is 12.0. The van der Waals surface area contributed by atoms with Crippen molar-refractivity contribution in [3.63, 3.8) is 0 Å². The van der Waals surface area contributed by atoms with Crippen LogP contribution in [0, 0.1) is 5.92 Å². The van der Waals surface area contributed by atoms with Crippen molar-refractivity contribution in [1.29, 1.82) is 0 Å². The molecule has 108 valence electrons. The second-order valence-electron chi connectivity index (χ2n) is 5.30. The Morgan fingerprint density at radius 2 is 2.32 bits per heavy atom. The molecule has 0 saturated heterocycles. The summed E-state index contributed by atoms with van der Waals surface area (Å²) < 4.78 is 10.4. The van der Waals surface area contributed by atoms with E-state index in [0.717, 1.165) is 56.5 Å². The summed E-state index contributed by atoms with van der Waals surface area (Å²) in [5.74, 6) is 2.38. The van der Waals surface area contributed by atoms with Gasteiger partial charge < -0.3 is 14.6 Å². The van der Waals surface area contributed by atoms with Crippen molar-refractivity contribution in [2.24, 2.45) is 5.92 Å². The molecular formula is C14H25N3O2. The summed E-state index contributed by atoms with van der Waals surface area (Å²) >= 11 is 0. The van der Waals surface area contributed by atoms with Gasteiger partial charge >= 0.3 is 0 Å². The molecule has 1 fully saturated rings. The van der Waals surface area contributed by atoms with Gasteiger partial charge in [0.25, 0.3) is 0 Å². The minimum Gasteiger partial charge on any atom is -0.385 e. The lowest BCUT2D eigenvalue weighted by molar-refractivity contribution is 0.194. The van der Waals surface area contributed by atoms with E-state index in [9.17, 15) is 0 Å². The Balaban J connectivity index is 1.79. The fourth-order valence-corrected chi connectivity index (χ4v) is 2.27. The molecule has 2 rings (SSSR count). The standard InChI is InChI=1S/C14H25N3O2/c1-3-8-15-12(11-6-7-11)10-14-16-13(17-19-14)5-4-9-18-2/h11-12,15H,3-10H2,1-2H3. The fraction of sp³-hybridized carbons (Fsp3) is 0.857. The van der Waals surface area contributed by atoms with Crippen LogP contribution in [-0.4, -0.2) is 36.4 Å². The van der Waals surface area contributed by atoms with E-state index in [1.54, 1.807) is 7.11 Å². The Morgan fingerprint density at radius 1 is 1.47 bits per heavy atom. The quantitative estimate of drug-likeness (QED) is 0.657. The predicted octanol–water partition coefficient (Wildman–Crippen LogP) is 1.97. The van der Waals surface area contributed by atoms with Gasteiger partial charge in [-0.1, -0.05) is 12.1 Å². The van der Waals surface area contributed by atoms with Gasteiger partial charge in [-0.15, -0.1) is 0 Å². The number of aryl methyl sites for hydroxylation is 1. The number of nitrogens with zero attached hydrogens (tertiary/aromatic N) is 2. The third-order valence-corrected chi connectivity index (χ3v) is 3.50. The summed E-state index contributed by atoms with van der Waals surface area (Å²) in [6, 6.07) is 0.507. The van der Waals surface area contributed by atoms with Crippen LogP contribution in [0.15, 0.2) is 4.52 Å². The molecule has 1 aromatic heterocycles. The lowest BCUT2D eigenvalue weighted by Crippen LogP contribution is -2.33. The Hall–Kier alpha value is -0.940. The van der Waals surface area contributed by atoms with Crippen molar-refractivity contribution < 1.29 is 9.26 Å². The molecule has 19 heavy (non-hydrogen) atoms. The maximum absolute atomic E-state index is 5.34. The lowest BCUT2D eigenvalue weighted by Gasteiger charge is -2.15. The normalized spacial score (nSPS) is 16.7. The molecule has 0 aromatic carbocycles. The molecule has 0 spiro atoms. The smallest absolute Gasteiger partial charge is 0.228 e. The molecule has 0 bridgehead atoms. The fourth-order valence-electron chi connectivity index (χ4n) is 2.27. The van der Waals surface area contributed by atoms with E-state index in [4.69, 9.17) is 9.26 Å². The van der Waals surface area contributed by atoms with Gasteiger partial charge in [0.2, 0.25) is 5.89 Å². The summed E-state index contributed by atoms with van der Waals surface area (Å²) in [6.45, 7) is 4.00. The summed E-state index contributed by atoms with van der Waals surface area (Å²) in [6.07, 6.45) is 6.45. The molecule has 1 saturated carbocycles. The third-order valence-electron chi connectivity index (χ3n) is 3.50. The largest absolute Gasteiger partial charge is 0.385 e. The number of hydrogen-bond donors (Lipinski definition) is 1. The highest BCUT2D eigenvalue weighted by Crippen LogP contribution is 2.33. The molecule has 1 atom stereocenters. The van der Waals surface area contributed by atoms with Crippen LogP contribution in [0.2, 0.25) is 0 Å². The molecule has 5 heteroatoms. The molecule has 0 amide bonds. The number of nitrogens with one attached hydrogen (secondary N) is 1. The number of ether oxygens (including phenoxy) is 1. The predicted molar refractivity (Wildman–Crippen MR) is 73.0 cm³/mol. The average Bonchev–Trinajstić information content (AvgIpc) is 3.17. The first-order chi connectivity index (χ1) is 9.33. The maximum Gasteiger partial charge on any atom is 0.228 e. The summed E-state index contributed by atoms with van der Waals surface area (Å²) in [5, 5.41) is 7.63. The Morgan fingerprint density at radius 3 is 3.00 bits per heavy atom. The minimum absolute atomic E-state index is 0.507. The van der Waals surface area contributed by atoms with Gasteiger partial charge in [-0.25, -0.2) is 0 Å². The number of hydrogen-bond acceptors (Lipinski definition) is 5. The van der Waals surface area contributed by atoms with Crippen LogP contribution in [-0.2, 0) is 17.6 Å². The van der Waals surface area contributed by atoms with Crippen molar-refractivity contribution in [3.05, 3.63) is 11.7 Å². The van der Waals surface area contributed by atoms with Gasteiger partial charge in [0.1, 0.15) is 0 Å². The first kappa shape index (κ1) is 14.5. The van der Waals surface area contributed by atoms with Crippen LogP contribution in [0.25, 0.3) is 0 Å². The molecule has 0 radical (unpaired) electrons. The zero-order valence-corrected chi connectivity index (χ0v) is 12.0. The van der Waals surface area contributed by atoms with Gasteiger partial charge in [0, 0.05) is 32.6 Å². The maximum atomic E-state index is 5.34. The molecular weight excluding hydrogens is 242 g/mol. The second-order valence-corrected chi connectivity index (χ2v) is 5.30. The lowest BCUT2D eigenvalue weighted by atomic mass is 10.1. The second kappa shape index (κ2) is 7.60. The number of rotatable bonds is 10. The van der Waals surface area contributed by atoms with Crippen molar-refractivity contribution in [2.75, 3.05) is 20.3 Å². The molecule has 1 aliphatic rings. The number of aromatic nitrogens is 2. The van der Waals surface area contributed by atoms with Gasteiger partial charge in [-0.2, -0.15) is 4.98 Å². The van der Waals surface area contributed by atoms with E-state index in [0.29, 0.717) is 6.04 Å². The van der Waals surface area contributed by atoms with Gasteiger partial charge in [0.15, 0.2) is 5.82 Å². The Bertz CT molecular complexity index is 363. The van der Waals surface area contributed by atoms with E-state index < -0.39 is 0 Å². The third kappa shape index (κ3) is 4.91. The zero-order chi connectivity index (χ0) is 13.5. The summed E-state index contributed by atoms with van der Waals surface area (Å²) in [4.78, 5) is 4.47. The molecule has 0 aliphatic heterocycles. The van der Waals surface area contributed by atoms with Crippen LogP contribution in [0.5, 0.6) is 0 Å². The minimum atomic E-state index is 0.507.